The highest BCUT2D eigenvalue weighted by Gasteiger charge is 2.32. The number of carbonyl (C=O) groups excluding carboxylic acids is 2. The number of amides is 1. The van der Waals surface area contributed by atoms with E-state index in [9.17, 15) is 14.7 Å². The number of phenols is 1. The van der Waals surface area contributed by atoms with Gasteiger partial charge in [0.05, 0.1) is 37.2 Å². The van der Waals surface area contributed by atoms with Crippen LogP contribution in [0.5, 0.6) is 11.5 Å². The Morgan fingerprint density at radius 3 is 2.55 bits per heavy atom. The minimum atomic E-state index is -0.525. The lowest BCUT2D eigenvalue weighted by atomic mass is 10.0. The smallest absolute Gasteiger partial charge is 0.359 e. The quantitative estimate of drug-likeness (QED) is 0.637. The van der Waals surface area contributed by atoms with Crippen molar-refractivity contribution in [3.05, 3.63) is 71.0 Å². The number of fused-ring (bicyclic) bond motifs is 1. The summed E-state index contributed by atoms with van der Waals surface area (Å²) in [7, 11) is 1.60. The Morgan fingerprint density at radius 1 is 1.13 bits per heavy atom. The van der Waals surface area contributed by atoms with Crippen LogP contribution >= 0.6 is 0 Å². The fourth-order valence-corrected chi connectivity index (χ4v) is 3.72. The van der Waals surface area contributed by atoms with Crippen molar-refractivity contribution in [3.8, 4) is 17.2 Å². The van der Waals surface area contributed by atoms with Crippen molar-refractivity contribution in [2.75, 3.05) is 20.3 Å². The molecule has 1 aliphatic heterocycles. The summed E-state index contributed by atoms with van der Waals surface area (Å²) in [5.41, 5.74) is 2.72. The first-order chi connectivity index (χ1) is 15.0. The standard InChI is InChI=1S/C23H23N3O5/c1-3-31-23(29)21-18-14-25(22(28)17-6-4-5-7-20(17)27)13-12-19(18)26(24-21)15-8-10-16(30-2)11-9-15/h4-11,27H,3,12-14H2,1-2H3. The van der Waals surface area contributed by atoms with Gasteiger partial charge in [0, 0.05) is 18.5 Å². The van der Waals surface area contributed by atoms with E-state index in [0.29, 0.717) is 18.5 Å². The fourth-order valence-electron chi connectivity index (χ4n) is 3.72. The van der Waals surface area contributed by atoms with Crippen LogP contribution in [0, 0.1) is 0 Å². The molecule has 1 amide bonds. The fraction of sp³-hybridized carbons (Fsp3) is 0.261. The zero-order chi connectivity index (χ0) is 22.0. The first-order valence-corrected chi connectivity index (χ1v) is 10.0. The first-order valence-electron chi connectivity index (χ1n) is 10.0. The van der Waals surface area contributed by atoms with Crippen LogP contribution in [0.1, 0.15) is 39.0 Å². The highest BCUT2D eigenvalue weighted by atomic mass is 16.5. The zero-order valence-corrected chi connectivity index (χ0v) is 17.4. The summed E-state index contributed by atoms with van der Waals surface area (Å²) in [5, 5.41) is 14.6. The van der Waals surface area contributed by atoms with Crippen LogP contribution in [0.25, 0.3) is 5.69 Å². The average molecular weight is 421 g/mol. The molecule has 2 aromatic carbocycles. The molecule has 160 valence electrons. The van der Waals surface area contributed by atoms with E-state index in [1.807, 2.05) is 24.3 Å². The van der Waals surface area contributed by atoms with Crippen LogP contribution in [0.4, 0.5) is 0 Å². The van der Waals surface area contributed by atoms with Crippen LogP contribution in [0.3, 0.4) is 0 Å². The molecule has 0 radical (unpaired) electrons. The van der Waals surface area contributed by atoms with Gasteiger partial charge in [-0.25, -0.2) is 9.48 Å². The maximum atomic E-state index is 13.0. The lowest BCUT2D eigenvalue weighted by molar-refractivity contribution is 0.0513. The van der Waals surface area contributed by atoms with Crippen molar-refractivity contribution < 1.29 is 24.2 Å². The molecule has 0 unspecified atom stereocenters. The molecule has 1 aromatic heterocycles. The van der Waals surface area contributed by atoms with Crippen molar-refractivity contribution in [3.63, 3.8) is 0 Å². The molecule has 0 aliphatic carbocycles. The number of hydrogen-bond acceptors (Lipinski definition) is 6. The molecule has 4 rings (SSSR count). The van der Waals surface area contributed by atoms with Gasteiger partial charge in [-0.1, -0.05) is 12.1 Å². The van der Waals surface area contributed by atoms with E-state index in [0.717, 1.165) is 17.1 Å². The Labute approximate surface area is 179 Å². The Kier molecular flexibility index (Phi) is 5.62. The van der Waals surface area contributed by atoms with E-state index in [1.54, 1.807) is 41.8 Å². The van der Waals surface area contributed by atoms with Gasteiger partial charge in [-0.05, 0) is 43.3 Å². The summed E-state index contributed by atoms with van der Waals surface area (Å²) in [6.45, 7) is 2.60. The van der Waals surface area contributed by atoms with Crippen molar-refractivity contribution >= 4 is 11.9 Å². The number of esters is 1. The van der Waals surface area contributed by atoms with Crippen LogP contribution in [-0.4, -0.2) is 51.9 Å². The maximum absolute atomic E-state index is 13.0. The van der Waals surface area contributed by atoms with Gasteiger partial charge in [-0.15, -0.1) is 0 Å². The number of aromatic nitrogens is 2. The number of ether oxygens (including phenoxy) is 2. The van der Waals surface area contributed by atoms with E-state index in [2.05, 4.69) is 5.10 Å². The normalized spacial score (nSPS) is 12.9. The number of hydrogen-bond donors (Lipinski definition) is 1. The van der Waals surface area contributed by atoms with Gasteiger partial charge in [0.1, 0.15) is 11.5 Å². The van der Waals surface area contributed by atoms with Crippen molar-refractivity contribution in [2.45, 2.75) is 19.9 Å². The lowest BCUT2D eigenvalue weighted by Gasteiger charge is -2.28. The van der Waals surface area contributed by atoms with E-state index >= 15 is 0 Å². The molecule has 0 spiro atoms. The first kappa shape index (κ1) is 20.5. The van der Waals surface area contributed by atoms with Crippen LogP contribution in [0.15, 0.2) is 48.5 Å². The number of benzene rings is 2. The Balaban J connectivity index is 1.72. The van der Waals surface area contributed by atoms with Gasteiger partial charge in [0.15, 0.2) is 5.69 Å². The third kappa shape index (κ3) is 3.84. The molecular weight excluding hydrogens is 398 g/mol. The summed E-state index contributed by atoms with van der Waals surface area (Å²) in [6.07, 6.45) is 0.507. The summed E-state index contributed by atoms with van der Waals surface area (Å²) in [6, 6.07) is 13.8. The minimum Gasteiger partial charge on any atom is -0.507 e. The lowest BCUT2D eigenvalue weighted by Crippen LogP contribution is -2.36. The molecule has 8 nitrogen and oxygen atoms in total. The summed E-state index contributed by atoms with van der Waals surface area (Å²) in [5.74, 6) is -0.175. The monoisotopic (exact) mass is 421 g/mol. The minimum absolute atomic E-state index is 0.0714. The molecule has 1 aliphatic rings. The second-order valence-electron chi connectivity index (χ2n) is 7.10. The van der Waals surface area contributed by atoms with Crippen LogP contribution in [0.2, 0.25) is 0 Å². The molecule has 3 aromatic rings. The molecule has 1 N–H and O–H groups in total. The van der Waals surface area contributed by atoms with E-state index in [1.165, 1.54) is 6.07 Å². The molecule has 8 heteroatoms. The predicted molar refractivity (Wildman–Crippen MR) is 113 cm³/mol. The highest BCUT2D eigenvalue weighted by Crippen LogP contribution is 2.29. The Morgan fingerprint density at radius 2 is 1.87 bits per heavy atom. The second-order valence-corrected chi connectivity index (χ2v) is 7.10. The number of methoxy groups -OCH3 is 1. The zero-order valence-electron chi connectivity index (χ0n) is 17.4. The summed E-state index contributed by atoms with van der Waals surface area (Å²) < 4.78 is 12.1. The largest absolute Gasteiger partial charge is 0.507 e. The number of carbonyl (C=O) groups is 2. The maximum Gasteiger partial charge on any atom is 0.359 e. The van der Waals surface area contributed by atoms with E-state index in [4.69, 9.17) is 9.47 Å². The highest BCUT2D eigenvalue weighted by molar-refractivity contribution is 5.97. The van der Waals surface area contributed by atoms with Gasteiger partial charge in [0.25, 0.3) is 5.91 Å². The number of para-hydroxylation sites is 1. The van der Waals surface area contributed by atoms with Crippen molar-refractivity contribution in [1.82, 2.24) is 14.7 Å². The molecule has 0 saturated carbocycles. The molecule has 2 heterocycles. The number of aromatic hydroxyl groups is 1. The third-order valence-electron chi connectivity index (χ3n) is 5.26. The van der Waals surface area contributed by atoms with Crippen molar-refractivity contribution in [1.29, 1.82) is 0 Å². The second kappa shape index (κ2) is 8.51. The number of phenolic OH excluding ortho intramolecular Hbond substituents is 1. The number of rotatable bonds is 5. The SMILES string of the molecule is CCOC(=O)c1nn(-c2ccc(OC)cc2)c2c1CN(C(=O)c1ccccc1O)CC2. The average Bonchev–Trinajstić information content (AvgIpc) is 3.18. The Bertz CT molecular complexity index is 1120. The van der Waals surface area contributed by atoms with E-state index < -0.39 is 5.97 Å². The molecule has 0 saturated heterocycles. The molecule has 0 fully saturated rings. The summed E-state index contributed by atoms with van der Waals surface area (Å²) >= 11 is 0. The van der Waals surface area contributed by atoms with Crippen LogP contribution in [-0.2, 0) is 17.7 Å². The van der Waals surface area contributed by atoms with Gasteiger partial charge >= 0.3 is 5.97 Å². The topological polar surface area (TPSA) is 93.9 Å². The van der Waals surface area contributed by atoms with Crippen molar-refractivity contribution in [2.24, 2.45) is 0 Å². The van der Waals surface area contributed by atoms with Gasteiger partial charge in [0.2, 0.25) is 0 Å². The molecular formula is C23H23N3O5. The van der Waals surface area contributed by atoms with Crippen LogP contribution < -0.4 is 4.74 Å². The van der Waals surface area contributed by atoms with Gasteiger partial charge < -0.3 is 19.5 Å². The molecule has 0 bridgehead atoms. The third-order valence-corrected chi connectivity index (χ3v) is 5.26. The van der Waals surface area contributed by atoms with E-state index in [-0.39, 0.29) is 36.1 Å². The molecule has 0 atom stereocenters. The van der Waals surface area contributed by atoms with Gasteiger partial charge in [-0.2, -0.15) is 5.10 Å². The molecule has 31 heavy (non-hydrogen) atoms. The Hall–Kier alpha value is -3.81. The summed E-state index contributed by atoms with van der Waals surface area (Å²) in [4.78, 5) is 27.2. The van der Waals surface area contributed by atoms with Gasteiger partial charge in [-0.3, -0.25) is 4.79 Å². The predicted octanol–water partition coefficient (Wildman–Crippen LogP) is 2.96. The number of nitrogens with zero attached hydrogens (tertiary/aromatic N) is 3.